The first kappa shape index (κ1) is 11.7. The SMILES string of the molecule is CCc1ccc(C(O)Cc2cccnc2N)o1. The maximum atomic E-state index is 10.0. The van der Waals surface area contributed by atoms with Gasteiger partial charge in [-0.1, -0.05) is 13.0 Å². The van der Waals surface area contributed by atoms with E-state index in [0.29, 0.717) is 18.0 Å². The minimum atomic E-state index is -0.679. The zero-order valence-corrected chi connectivity index (χ0v) is 9.76. The van der Waals surface area contributed by atoms with Crippen molar-refractivity contribution in [3.63, 3.8) is 0 Å². The third kappa shape index (κ3) is 2.65. The fraction of sp³-hybridized carbons (Fsp3) is 0.308. The zero-order chi connectivity index (χ0) is 12.3. The lowest BCUT2D eigenvalue weighted by atomic mass is 10.1. The maximum Gasteiger partial charge on any atom is 0.133 e. The van der Waals surface area contributed by atoms with E-state index in [-0.39, 0.29) is 0 Å². The molecule has 0 aliphatic rings. The van der Waals surface area contributed by atoms with Crippen LogP contribution < -0.4 is 5.73 Å². The number of aliphatic hydroxyl groups is 1. The highest BCUT2D eigenvalue weighted by atomic mass is 16.4. The number of furan rings is 1. The second kappa shape index (κ2) is 5.01. The number of hydrogen-bond acceptors (Lipinski definition) is 4. The van der Waals surface area contributed by atoms with Crippen LogP contribution in [0.1, 0.15) is 30.1 Å². The smallest absolute Gasteiger partial charge is 0.133 e. The molecule has 0 amide bonds. The van der Waals surface area contributed by atoms with Gasteiger partial charge in [0.2, 0.25) is 0 Å². The summed E-state index contributed by atoms with van der Waals surface area (Å²) in [6.45, 7) is 2.01. The molecule has 17 heavy (non-hydrogen) atoms. The number of hydrogen-bond donors (Lipinski definition) is 2. The quantitative estimate of drug-likeness (QED) is 0.846. The molecule has 4 nitrogen and oxygen atoms in total. The van der Waals surface area contributed by atoms with E-state index < -0.39 is 6.10 Å². The number of pyridine rings is 1. The van der Waals surface area contributed by atoms with Crippen LogP contribution in [0, 0.1) is 0 Å². The summed E-state index contributed by atoms with van der Waals surface area (Å²) >= 11 is 0. The second-order valence-electron chi connectivity index (χ2n) is 3.93. The minimum Gasteiger partial charge on any atom is -0.463 e. The van der Waals surface area contributed by atoms with Crippen LogP contribution in [0.25, 0.3) is 0 Å². The molecule has 90 valence electrons. The third-order valence-corrected chi connectivity index (χ3v) is 2.70. The van der Waals surface area contributed by atoms with Crippen LogP contribution >= 0.6 is 0 Å². The van der Waals surface area contributed by atoms with Crippen molar-refractivity contribution in [2.24, 2.45) is 0 Å². The van der Waals surface area contributed by atoms with Crippen molar-refractivity contribution in [3.05, 3.63) is 47.5 Å². The predicted molar refractivity (Wildman–Crippen MR) is 65.4 cm³/mol. The molecule has 0 fully saturated rings. The highest BCUT2D eigenvalue weighted by Gasteiger charge is 2.14. The van der Waals surface area contributed by atoms with Crippen molar-refractivity contribution >= 4 is 5.82 Å². The number of anilines is 1. The summed E-state index contributed by atoms with van der Waals surface area (Å²) in [5.41, 5.74) is 6.55. The number of nitrogens with two attached hydrogens (primary N) is 1. The van der Waals surface area contributed by atoms with E-state index in [1.54, 1.807) is 18.3 Å². The molecule has 0 saturated heterocycles. The summed E-state index contributed by atoms with van der Waals surface area (Å²) in [4.78, 5) is 3.98. The number of nitrogens with zero attached hydrogens (tertiary/aromatic N) is 1. The summed E-state index contributed by atoms with van der Waals surface area (Å²) in [5, 5.41) is 10.0. The molecule has 0 saturated carbocycles. The van der Waals surface area contributed by atoms with E-state index in [9.17, 15) is 5.11 Å². The van der Waals surface area contributed by atoms with Gasteiger partial charge >= 0.3 is 0 Å². The molecule has 1 unspecified atom stereocenters. The van der Waals surface area contributed by atoms with E-state index in [1.165, 1.54) is 0 Å². The van der Waals surface area contributed by atoms with Gasteiger partial charge in [0.1, 0.15) is 23.4 Å². The van der Waals surface area contributed by atoms with Crippen LogP contribution in [0.3, 0.4) is 0 Å². The van der Waals surface area contributed by atoms with Gasteiger partial charge in [-0.25, -0.2) is 4.98 Å². The summed E-state index contributed by atoms with van der Waals surface area (Å²) in [7, 11) is 0. The minimum absolute atomic E-state index is 0.413. The van der Waals surface area contributed by atoms with Crippen molar-refractivity contribution in [3.8, 4) is 0 Å². The highest BCUT2D eigenvalue weighted by molar-refractivity contribution is 5.39. The van der Waals surface area contributed by atoms with Gasteiger partial charge in [-0.3, -0.25) is 0 Å². The van der Waals surface area contributed by atoms with Gasteiger partial charge < -0.3 is 15.3 Å². The van der Waals surface area contributed by atoms with Crippen LogP contribution in [0.5, 0.6) is 0 Å². The highest BCUT2D eigenvalue weighted by Crippen LogP contribution is 2.22. The van der Waals surface area contributed by atoms with Crippen molar-refractivity contribution in [1.82, 2.24) is 4.98 Å². The molecule has 2 aromatic rings. The molecule has 2 rings (SSSR count). The van der Waals surface area contributed by atoms with Gasteiger partial charge in [-0.15, -0.1) is 0 Å². The molecule has 0 spiro atoms. The number of aliphatic hydroxyl groups excluding tert-OH is 1. The van der Waals surface area contributed by atoms with E-state index in [1.807, 2.05) is 19.1 Å². The van der Waals surface area contributed by atoms with Crippen LogP contribution in [0.15, 0.2) is 34.9 Å². The molecule has 0 aliphatic carbocycles. The lowest BCUT2D eigenvalue weighted by molar-refractivity contribution is 0.148. The molecule has 2 heterocycles. The lowest BCUT2D eigenvalue weighted by Crippen LogP contribution is -2.04. The standard InChI is InChI=1S/C13H16N2O2/c1-2-10-5-6-12(17-10)11(16)8-9-4-3-7-15-13(9)14/h3-7,11,16H,2,8H2,1H3,(H2,14,15). The van der Waals surface area contributed by atoms with Crippen LogP contribution in [-0.4, -0.2) is 10.1 Å². The molecule has 3 N–H and O–H groups in total. The number of rotatable bonds is 4. The largest absolute Gasteiger partial charge is 0.463 e. The maximum absolute atomic E-state index is 10.0. The molecule has 0 aromatic carbocycles. The summed E-state index contributed by atoms with van der Waals surface area (Å²) < 4.78 is 5.50. The Hall–Kier alpha value is -1.81. The van der Waals surface area contributed by atoms with Gasteiger partial charge in [0.15, 0.2) is 0 Å². The van der Waals surface area contributed by atoms with Crippen molar-refractivity contribution in [2.45, 2.75) is 25.9 Å². The number of aromatic nitrogens is 1. The Morgan fingerprint density at radius 2 is 2.24 bits per heavy atom. The van der Waals surface area contributed by atoms with Crippen molar-refractivity contribution < 1.29 is 9.52 Å². The van der Waals surface area contributed by atoms with Crippen molar-refractivity contribution in [2.75, 3.05) is 5.73 Å². The summed E-state index contributed by atoms with van der Waals surface area (Å²) in [6, 6.07) is 7.34. The van der Waals surface area contributed by atoms with Gasteiger partial charge in [0.05, 0.1) is 0 Å². The Balaban J connectivity index is 2.11. The first-order valence-corrected chi connectivity index (χ1v) is 5.66. The lowest BCUT2D eigenvalue weighted by Gasteiger charge is -2.09. The summed E-state index contributed by atoms with van der Waals surface area (Å²) in [6.07, 6.45) is 2.19. The normalized spacial score (nSPS) is 12.6. The first-order valence-electron chi connectivity index (χ1n) is 5.66. The Labute approximate surface area is 100 Å². The van der Waals surface area contributed by atoms with E-state index in [0.717, 1.165) is 17.7 Å². The zero-order valence-electron chi connectivity index (χ0n) is 9.76. The number of aryl methyl sites for hydroxylation is 1. The van der Waals surface area contributed by atoms with E-state index in [2.05, 4.69) is 4.98 Å². The fourth-order valence-electron chi connectivity index (χ4n) is 1.70. The summed E-state index contributed by atoms with van der Waals surface area (Å²) in [5.74, 6) is 1.90. The van der Waals surface area contributed by atoms with Gasteiger partial charge in [0, 0.05) is 19.0 Å². The molecule has 0 bridgehead atoms. The second-order valence-corrected chi connectivity index (χ2v) is 3.93. The Bertz CT molecular complexity index is 494. The van der Waals surface area contributed by atoms with Gasteiger partial charge in [-0.05, 0) is 23.8 Å². The average Bonchev–Trinajstić information content (AvgIpc) is 2.81. The Morgan fingerprint density at radius 1 is 1.41 bits per heavy atom. The predicted octanol–water partition coefficient (Wildman–Crippen LogP) is 2.10. The first-order chi connectivity index (χ1) is 8.20. The third-order valence-electron chi connectivity index (χ3n) is 2.70. The van der Waals surface area contributed by atoms with Crippen molar-refractivity contribution in [1.29, 1.82) is 0 Å². The molecule has 1 atom stereocenters. The molecule has 2 aromatic heterocycles. The molecule has 0 aliphatic heterocycles. The number of nitrogen functional groups attached to an aromatic ring is 1. The topological polar surface area (TPSA) is 72.3 Å². The molecular weight excluding hydrogens is 216 g/mol. The van der Waals surface area contributed by atoms with E-state index in [4.69, 9.17) is 10.2 Å². The van der Waals surface area contributed by atoms with E-state index >= 15 is 0 Å². The van der Waals surface area contributed by atoms with Crippen LogP contribution in [0.4, 0.5) is 5.82 Å². The van der Waals surface area contributed by atoms with Crippen LogP contribution in [0.2, 0.25) is 0 Å². The van der Waals surface area contributed by atoms with Crippen LogP contribution in [-0.2, 0) is 12.8 Å². The Kier molecular flexibility index (Phi) is 3.44. The monoisotopic (exact) mass is 232 g/mol. The molecule has 4 heteroatoms. The fourth-order valence-corrected chi connectivity index (χ4v) is 1.70. The average molecular weight is 232 g/mol. The Morgan fingerprint density at radius 3 is 2.88 bits per heavy atom. The van der Waals surface area contributed by atoms with Gasteiger partial charge in [0.25, 0.3) is 0 Å². The molecular formula is C13H16N2O2. The van der Waals surface area contributed by atoms with Gasteiger partial charge in [-0.2, -0.15) is 0 Å². The molecule has 0 radical (unpaired) electrons.